The third-order valence-corrected chi connectivity index (χ3v) is 5.46. The van der Waals surface area contributed by atoms with Crippen molar-refractivity contribution in [2.75, 3.05) is 19.0 Å². The number of benzene rings is 3. The fourth-order valence-electron chi connectivity index (χ4n) is 3.46. The third kappa shape index (κ3) is 7.53. The van der Waals surface area contributed by atoms with Crippen LogP contribution in [0.2, 0.25) is 0 Å². The molecule has 0 atom stereocenters. The highest BCUT2D eigenvalue weighted by molar-refractivity contribution is 6.12. The second-order valence-electron chi connectivity index (χ2n) is 8.18. The molecular formula is C27H21F3N4O7. The Morgan fingerprint density at radius 2 is 1.46 bits per heavy atom. The number of nitrogen functional groups attached to an aromatic ring is 1. The first kappa shape index (κ1) is 30.0. The number of halogens is 3. The Labute approximate surface area is 229 Å². The number of esters is 3. The van der Waals surface area contributed by atoms with Crippen LogP contribution in [-0.2, 0) is 19.1 Å². The van der Waals surface area contributed by atoms with Gasteiger partial charge in [-0.05, 0) is 53.6 Å². The van der Waals surface area contributed by atoms with Gasteiger partial charge in [-0.2, -0.15) is 13.2 Å². The van der Waals surface area contributed by atoms with Crippen molar-refractivity contribution in [3.63, 3.8) is 0 Å². The Morgan fingerprint density at radius 1 is 0.854 bits per heavy atom. The SMILES string of the molecule is COC(=O)CNC(=O)c1ccc(-c2ccccc2C(=O)OC(=O)C(F)(F)F)c(C(=O)Nc2ccc(C(=N)N)cc2)c1. The highest BCUT2D eigenvalue weighted by Crippen LogP contribution is 2.30. The number of methoxy groups -OCH3 is 1. The maximum Gasteiger partial charge on any atom is 0.491 e. The molecule has 0 radical (unpaired) electrons. The summed E-state index contributed by atoms with van der Waals surface area (Å²) in [6.45, 7) is -0.469. The quantitative estimate of drug-likeness (QED) is 0.138. The number of hydrogen-bond acceptors (Lipinski definition) is 8. The van der Waals surface area contributed by atoms with Crippen LogP contribution in [0.25, 0.3) is 11.1 Å². The zero-order chi connectivity index (χ0) is 30.3. The Balaban J connectivity index is 2.06. The Hall–Kier alpha value is -5.53. The molecule has 41 heavy (non-hydrogen) atoms. The molecule has 0 aliphatic rings. The molecule has 0 unspecified atom stereocenters. The number of carbonyl (C=O) groups excluding carboxylic acids is 5. The number of amides is 2. The van der Waals surface area contributed by atoms with E-state index in [1.807, 2.05) is 0 Å². The number of carbonyl (C=O) groups is 5. The van der Waals surface area contributed by atoms with E-state index < -0.39 is 48.0 Å². The Bertz CT molecular complexity index is 1540. The van der Waals surface area contributed by atoms with E-state index in [1.54, 1.807) is 0 Å². The van der Waals surface area contributed by atoms with Crippen molar-refractivity contribution in [3.05, 3.63) is 89.0 Å². The first-order chi connectivity index (χ1) is 19.3. The highest BCUT2D eigenvalue weighted by Gasteiger charge is 2.42. The molecule has 5 N–H and O–H groups in total. The van der Waals surface area contributed by atoms with Crippen molar-refractivity contribution in [1.29, 1.82) is 5.41 Å². The first-order valence-corrected chi connectivity index (χ1v) is 11.5. The normalized spacial score (nSPS) is 10.7. The van der Waals surface area contributed by atoms with Crippen molar-refractivity contribution in [2.24, 2.45) is 5.73 Å². The van der Waals surface area contributed by atoms with Gasteiger partial charge in [0.15, 0.2) is 0 Å². The van der Waals surface area contributed by atoms with Crippen molar-refractivity contribution in [3.8, 4) is 11.1 Å². The number of ether oxygens (including phenoxy) is 2. The molecule has 0 fully saturated rings. The second-order valence-corrected chi connectivity index (χ2v) is 8.18. The third-order valence-electron chi connectivity index (χ3n) is 5.46. The Morgan fingerprint density at radius 3 is 2.07 bits per heavy atom. The fraction of sp³-hybridized carbons (Fsp3) is 0.111. The molecule has 0 aliphatic heterocycles. The molecule has 0 spiro atoms. The lowest BCUT2D eigenvalue weighted by molar-refractivity contribution is -0.193. The average Bonchev–Trinajstić information content (AvgIpc) is 2.95. The minimum atomic E-state index is -5.42. The lowest BCUT2D eigenvalue weighted by Crippen LogP contribution is -2.30. The number of rotatable bonds is 8. The monoisotopic (exact) mass is 570 g/mol. The predicted octanol–water partition coefficient (Wildman–Crippen LogP) is 3.04. The van der Waals surface area contributed by atoms with Gasteiger partial charge in [0, 0.05) is 22.4 Å². The lowest BCUT2D eigenvalue weighted by Gasteiger charge is -2.15. The van der Waals surface area contributed by atoms with Crippen molar-refractivity contribution in [1.82, 2.24) is 5.32 Å². The molecule has 0 heterocycles. The van der Waals surface area contributed by atoms with E-state index in [9.17, 15) is 37.1 Å². The van der Waals surface area contributed by atoms with Gasteiger partial charge in [0.1, 0.15) is 12.4 Å². The van der Waals surface area contributed by atoms with Crippen LogP contribution in [0.3, 0.4) is 0 Å². The summed E-state index contributed by atoms with van der Waals surface area (Å²) in [6.07, 6.45) is -5.42. The minimum absolute atomic E-state index is 0.000573. The van der Waals surface area contributed by atoms with Crippen molar-refractivity contribution in [2.45, 2.75) is 6.18 Å². The molecule has 3 rings (SSSR count). The summed E-state index contributed by atoms with van der Waals surface area (Å²) in [4.78, 5) is 61.2. The number of anilines is 1. The van der Waals surface area contributed by atoms with Gasteiger partial charge in [-0.15, -0.1) is 0 Å². The average molecular weight is 570 g/mol. The van der Waals surface area contributed by atoms with Gasteiger partial charge in [0.25, 0.3) is 11.8 Å². The van der Waals surface area contributed by atoms with Crippen LogP contribution >= 0.6 is 0 Å². The predicted molar refractivity (Wildman–Crippen MR) is 138 cm³/mol. The standard InChI is InChI=1S/C27H21F3N4O7/c1-40-21(35)13-33-23(36)15-8-11-18(17-4-2-3-5-19(17)25(38)41-26(39)27(28,29)30)20(12-15)24(37)34-16-9-6-14(7-10-16)22(31)32/h2-12H,13H2,1H3,(H3,31,32)(H,33,36)(H,34,37). The number of nitrogens with one attached hydrogen (secondary N) is 3. The summed E-state index contributed by atoms with van der Waals surface area (Å²) in [5, 5.41) is 12.4. The van der Waals surface area contributed by atoms with E-state index >= 15 is 0 Å². The molecule has 212 valence electrons. The molecule has 14 heteroatoms. The molecule has 0 aromatic heterocycles. The van der Waals surface area contributed by atoms with Crippen LogP contribution < -0.4 is 16.4 Å². The first-order valence-electron chi connectivity index (χ1n) is 11.5. The van der Waals surface area contributed by atoms with E-state index in [1.165, 1.54) is 54.6 Å². The van der Waals surface area contributed by atoms with Crippen LogP contribution in [-0.4, -0.2) is 55.4 Å². The van der Waals surface area contributed by atoms with Crippen LogP contribution in [0.1, 0.15) is 36.6 Å². The fourth-order valence-corrected chi connectivity index (χ4v) is 3.46. The molecule has 3 aromatic rings. The summed E-state index contributed by atoms with van der Waals surface area (Å²) < 4.78 is 46.5. The van der Waals surface area contributed by atoms with Gasteiger partial charge >= 0.3 is 24.1 Å². The van der Waals surface area contributed by atoms with Crippen LogP contribution in [0, 0.1) is 5.41 Å². The summed E-state index contributed by atoms with van der Waals surface area (Å²) in [7, 11) is 1.12. The maximum atomic E-state index is 13.4. The minimum Gasteiger partial charge on any atom is -0.468 e. The summed E-state index contributed by atoms with van der Waals surface area (Å²) in [5.74, 6) is -6.83. The van der Waals surface area contributed by atoms with Crippen molar-refractivity contribution < 1.29 is 46.6 Å². The molecule has 2 amide bonds. The molecule has 0 saturated heterocycles. The molecule has 3 aromatic carbocycles. The summed E-state index contributed by atoms with van der Waals surface area (Å²) in [5.41, 5.74) is 5.26. The summed E-state index contributed by atoms with van der Waals surface area (Å²) >= 11 is 0. The van der Waals surface area contributed by atoms with Crippen LogP contribution in [0.5, 0.6) is 0 Å². The van der Waals surface area contributed by atoms with E-state index in [2.05, 4.69) is 20.1 Å². The van der Waals surface area contributed by atoms with Crippen LogP contribution in [0.15, 0.2) is 66.7 Å². The van der Waals surface area contributed by atoms with E-state index in [-0.39, 0.29) is 33.8 Å². The Kier molecular flexibility index (Phi) is 9.19. The number of amidine groups is 1. The van der Waals surface area contributed by atoms with Gasteiger partial charge in [-0.1, -0.05) is 24.3 Å². The highest BCUT2D eigenvalue weighted by atomic mass is 19.4. The zero-order valence-corrected chi connectivity index (χ0v) is 21.1. The lowest BCUT2D eigenvalue weighted by atomic mass is 9.93. The van der Waals surface area contributed by atoms with E-state index in [0.29, 0.717) is 5.56 Å². The van der Waals surface area contributed by atoms with Crippen molar-refractivity contribution >= 4 is 41.2 Å². The molecule has 0 aliphatic carbocycles. The van der Waals surface area contributed by atoms with Gasteiger partial charge in [-0.25, -0.2) is 9.59 Å². The second kappa shape index (κ2) is 12.5. The topological polar surface area (TPSA) is 178 Å². The van der Waals surface area contributed by atoms with Gasteiger partial charge in [0.05, 0.1) is 12.7 Å². The smallest absolute Gasteiger partial charge is 0.468 e. The van der Waals surface area contributed by atoms with E-state index in [4.69, 9.17) is 11.1 Å². The van der Waals surface area contributed by atoms with Crippen LogP contribution in [0.4, 0.5) is 18.9 Å². The molecule has 11 nitrogen and oxygen atoms in total. The largest absolute Gasteiger partial charge is 0.491 e. The maximum absolute atomic E-state index is 13.4. The number of nitrogens with two attached hydrogens (primary N) is 1. The number of alkyl halides is 3. The zero-order valence-electron chi connectivity index (χ0n) is 21.1. The number of hydrogen-bond donors (Lipinski definition) is 4. The molecule has 0 bridgehead atoms. The molecular weight excluding hydrogens is 549 g/mol. The van der Waals surface area contributed by atoms with Gasteiger partial charge in [-0.3, -0.25) is 19.8 Å². The van der Waals surface area contributed by atoms with Gasteiger partial charge in [0.2, 0.25) is 0 Å². The molecule has 0 saturated carbocycles. The summed E-state index contributed by atoms with van der Waals surface area (Å²) in [6, 6.07) is 14.6. The van der Waals surface area contributed by atoms with E-state index in [0.717, 1.165) is 19.2 Å². The van der Waals surface area contributed by atoms with Gasteiger partial charge < -0.3 is 25.8 Å².